The SMILES string of the molecule is Cc1cc(=O)oc2cc(OCC(=O)OCC(=O)NC34CC5CC(CC(C5)C3)C4)ccc12. The first-order valence-electron chi connectivity index (χ1n) is 11.0. The van der Waals surface area contributed by atoms with Crippen molar-refractivity contribution in [2.75, 3.05) is 13.2 Å². The van der Waals surface area contributed by atoms with E-state index in [1.54, 1.807) is 18.2 Å². The summed E-state index contributed by atoms with van der Waals surface area (Å²) in [4.78, 5) is 36.0. The maximum absolute atomic E-state index is 12.4. The van der Waals surface area contributed by atoms with Gasteiger partial charge in [0.15, 0.2) is 13.2 Å². The smallest absolute Gasteiger partial charge is 0.344 e. The molecule has 0 atom stereocenters. The molecule has 1 aromatic heterocycles. The Bertz CT molecular complexity index is 1050. The predicted molar refractivity (Wildman–Crippen MR) is 113 cm³/mol. The zero-order valence-electron chi connectivity index (χ0n) is 17.6. The van der Waals surface area contributed by atoms with Crippen molar-refractivity contribution in [1.29, 1.82) is 0 Å². The molecule has 0 aliphatic heterocycles. The normalized spacial score (nSPS) is 28.5. The first-order chi connectivity index (χ1) is 14.9. The van der Waals surface area contributed by atoms with Gasteiger partial charge in [0, 0.05) is 23.1 Å². The van der Waals surface area contributed by atoms with Crippen LogP contribution in [0, 0.1) is 24.7 Å². The third-order valence-electron chi connectivity index (χ3n) is 7.09. The van der Waals surface area contributed by atoms with Crippen molar-refractivity contribution in [3.8, 4) is 5.75 Å². The zero-order chi connectivity index (χ0) is 21.6. The molecule has 4 bridgehead atoms. The highest BCUT2D eigenvalue weighted by atomic mass is 16.6. The second kappa shape index (κ2) is 7.70. The van der Waals surface area contributed by atoms with E-state index in [9.17, 15) is 14.4 Å². The Balaban J connectivity index is 1.12. The van der Waals surface area contributed by atoms with Crippen LogP contribution >= 0.6 is 0 Å². The van der Waals surface area contributed by atoms with Crippen molar-refractivity contribution in [3.63, 3.8) is 0 Å². The van der Waals surface area contributed by atoms with Crippen LogP contribution in [0.15, 0.2) is 33.5 Å². The fraction of sp³-hybridized carbons (Fsp3) is 0.542. The summed E-state index contributed by atoms with van der Waals surface area (Å²) in [6, 6.07) is 6.46. The molecule has 4 aliphatic carbocycles. The third-order valence-corrected chi connectivity index (χ3v) is 7.09. The lowest BCUT2D eigenvalue weighted by atomic mass is 9.53. The van der Waals surface area contributed by atoms with Gasteiger partial charge in [0.1, 0.15) is 11.3 Å². The van der Waals surface area contributed by atoms with Gasteiger partial charge in [-0.1, -0.05) is 0 Å². The largest absolute Gasteiger partial charge is 0.482 e. The number of esters is 1. The monoisotopic (exact) mass is 425 g/mol. The van der Waals surface area contributed by atoms with E-state index in [0.717, 1.165) is 48.0 Å². The van der Waals surface area contributed by atoms with Crippen molar-refractivity contribution in [2.45, 2.75) is 51.0 Å². The highest BCUT2D eigenvalue weighted by molar-refractivity contribution is 5.82. The molecule has 1 N–H and O–H groups in total. The van der Waals surface area contributed by atoms with Crippen LogP contribution in [0.1, 0.15) is 44.1 Å². The van der Waals surface area contributed by atoms with Gasteiger partial charge in [0.2, 0.25) is 0 Å². The lowest BCUT2D eigenvalue weighted by Gasteiger charge is -2.56. The summed E-state index contributed by atoms with van der Waals surface area (Å²) in [6.45, 7) is 1.20. The molecule has 4 fully saturated rings. The maximum Gasteiger partial charge on any atom is 0.344 e. The number of ether oxygens (including phenoxy) is 2. The predicted octanol–water partition coefficient (Wildman–Crippen LogP) is 3.11. The summed E-state index contributed by atoms with van der Waals surface area (Å²) in [5, 5.41) is 3.99. The number of rotatable bonds is 6. The first-order valence-corrected chi connectivity index (χ1v) is 11.0. The van der Waals surface area contributed by atoms with Gasteiger partial charge in [-0.05, 0) is 80.9 Å². The van der Waals surface area contributed by atoms with Crippen molar-refractivity contribution in [2.24, 2.45) is 17.8 Å². The lowest BCUT2D eigenvalue weighted by Crippen LogP contribution is -2.60. The molecule has 164 valence electrons. The minimum atomic E-state index is -0.619. The summed E-state index contributed by atoms with van der Waals surface area (Å²) in [5.41, 5.74) is 0.668. The van der Waals surface area contributed by atoms with E-state index in [1.165, 1.54) is 25.3 Å². The maximum atomic E-state index is 12.4. The minimum absolute atomic E-state index is 0.0954. The molecule has 31 heavy (non-hydrogen) atoms. The van der Waals surface area contributed by atoms with Crippen molar-refractivity contribution in [1.82, 2.24) is 5.32 Å². The van der Waals surface area contributed by atoms with Gasteiger partial charge in [-0.2, -0.15) is 0 Å². The van der Waals surface area contributed by atoms with E-state index >= 15 is 0 Å². The molecule has 1 aromatic carbocycles. The second-order valence-corrected chi connectivity index (χ2v) is 9.60. The second-order valence-electron chi connectivity index (χ2n) is 9.60. The van der Waals surface area contributed by atoms with E-state index in [4.69, 9.17) is 13.9 Å². The molecule has 0 spiro atoms. The molecular formula is C24H27NO6. The molecule has 4 saturated carbocycles. The number of carbonyl (C=O) groups excluding carboxylic acids is 2. The fourth-order valence-electron chi connectivity index (χ4n) is 6.32. The van der Waals surface area contributed by atoms with Crippen molar-refractivity contribution < 1.29 is 23.5 Å². The summed E-state index contributed by atoms with van der Waals surface area (Å²) < 4.78 is 15.7. The summed E-state index contributed by atoms with van der Waals surface area (Å²) in [7, 11) is 0. The Morgan fingerprint density at radius 2 is 1.74 bits per heavy atom. The number of fused-ring (bicyclic) bond motifs is 1. The Hall–Kier alpha value is -2.83. The van der Waals surface area contributed by atoms with Gasteiger partial charge >= 0.3 is 11.6 Å². The molecular weight excluding hydrogens is 398 g/mol. The number of nitrogens with one attached hydrogen (secondary N) is 1. The number of carbonyl (C=O) groups is 2. The Morgan fingerprint density at radius 3 is 2.42 bits per heavy atom. The number of hydrogen-bond acceptors (Lipinski definition) is 6. The van der Waals surface area contributed by atoms with Crippen LogP contribution in [-0.2, 0) is 14.3 Å². The van der Waals surface area contributed by atoms with Gasteiger partial charge in [0.05, 0.1) is 0 Å². The van der Waals surface area contributed by atoms with Gasteiger partial charge < -0.3 is 19.2 Å². The molecule has 0 radical (unpaired) electrons. The fourth-order valence-corrected chi connectivity index (χ4v) is 6.32. The number of hydrogen-bond donors (Lipinski definition) is 1. The minimum Gasteiger partial charge on any atom is -0.482 e. The first kappa shape index (κ1) is 20.1. The lowest BCUT2D eigenvalue weighted by molar-refractivity contribution is -0.151. The van der Waals surface area contributed by atoms with E-state index in [1.807, 2.05) is 6.92 Å². The van der Waals surface area contributed by atoms with Gasteiger partial charge in [0.25, 0.3) is 5.91 Å². The van der Waals surface area contributed by atoms with E-state index in [-0.39, 0.29) is 24.7 Å². The van der Waals surface area contributed by atoms with Crippen LogP contribution in [0.25, 0.3) is 11.0 Å². The molecule has 1 amide bonds. The Kier molecular flexibility index (Phi) is 4.99. The third kappa shape index (κ3) is 4.18. The zero-order valence-corrected chi connectivity index (χ0v) is 17.6. The molecule has 6 rings (SSSR count). The average molecular weight is 425 g/mol. The van der Waals surface area contributed by atoms with Crippen molar-refractivity contribution in [3.05, 3.63) is 40.2 Å². The van der Waals surface area contributed by atoms with E-state index in [0.29, 0.717) is 11.3 Å². The molecule has 2 aromatic rings. The van der Waals surface area contributed by atoms with Gasteiger partial charge in [-0.25, -0.2) is 9.59 Å². The number of benzene rings is 1. The highest BCUT2D eigenvalue weighted by Crippen LogP contribution is 2.55. The topological polar surface area (TPSA) is 94.8 Å². The summed E-state index contributed by atoms with van der Waals surface area (Å²) in [5.74, 6) is 1.73. The molecule has 4 aliphatic rings. The number of aryl methyl sites for hydroxylation is 1. The van der Waals surface area contributed by atoms with Gasteiger partial charge in [-0.15, -0.1) is 0 Å². The molecule has 0 saturated heterocycles. The summed E-state index contributed by atoms with van der Waals surface area (Å²) in [6.07, 6.45) is 7.08. The molecule has 7 heteroatoms. The van der Waals surface area contributed by atoms with Gasteiger partial charge in [-0.3, -0.25) is 4.79 Å². The molecule has 0 unspecified atom stereocenters. The van der Waals surface area contributed by atoms with E-state index < -0.39 is 11.6 Å². The standard InChI is InChI=1S/C24H27NO6/c1-14-4-22(27)31-20-8-18(2-3-19(14)20)29-13-23(28)30-12-21(26)25-24-9-15-5-16(10-24)7-17(6-15)11-24/h2-4,8,15-17H,5-7,9-13H2,1H3,(H,25,26). The molecule has 7 nitrogen and oxygen atoms in total. The summed E-state index contributed by atoms with van der Waals surface area (Å²) >= 11 is 0. The van der Waals surface area contributed by atoms with Crippen LogP contribution in [0.2, 0.25) is 0 Å². The van der Waals surface area contributed by atoms with Crippen molar-refractivity contribution >= 4 is 22.8 Å². The molecule has 1 heterocycles. The number of amides is 1. The Labute approximate surface area is 180 Å². The average Bonchev–Trinajstić information content (AvgIpc) is 2.69. The van der Waals surface area contributed by atoms with E-state index in [2.05, 4.69) is 5.32 Å². The quantitative estimate of drug-likeness (QED) is 0.565. The van der Waals surface area contributed by atoms with Crippen LogP contribution in [0.3, 0.4) is 0 Å². The van der Waals surface area contributed by atoms with Crippen LogP contribution in [0.5, 0.6) is 5.75 Å². The van der Waals surface area contributed by atoms with Crippen LogP contribution in [-0.4, -0.2) is 30.6 Å². The Morgan fingerprint density at radius 1 is 1.06 bits per heavy atom. The highest BCUT2D eigenvalue weighted by Gasteiger charge is 2.51. The van der Waals surface area contributed by atoms with Crippen LogP contribution < -0.4 is 15.7 Å². The van der Waals surface area contributed by atoms with Crippen LogP contribution in [0.4, 0.5) is 0 Å².